The van der Waals surface area contributed by atoms with E-state index in [1.54, 1.807) is 0 Å². The van der Waals surface area contributed by atoms with Crippen LogP contribution in [0.2, 0.25) is 0 Å². The summed E-state index contributed by atoms with van der Waals surface area (Å²) in [6.45, 7) is -0.574. The van der Waals surface area contributed by atoms with Crippen LogP contribution in [0, 0.1) is 27.6 Å². The fraction of sp³-hybridized carbons (Fsp3) is 0.143. The zero-order chi connectivity index (χ0) is 18.9. The molecule has 3 N–H and O–H groups in total. The van der Waals surface area contributed by atoms with E-state index in [-0.39, 0.29) is 11.6 Å². The van der Waals surface area contributed by atoms with Crippen LogP contribution < -0.4 is 11.1 Å². The Morgan fingerprint density at radius 3 is 2.28 bits per heavy atom. The Kier molecular flexibility index (Phi) is 4.77. The number of anilines is 2. The van der Waals surface area contributed by atoms with Gasteiger partial charge in [0.25, 0.3) is 5.69 Å². The van der Waals surface area contributed by atoms with Gasteiger partial charge in [0.05, 0.1) is 16.6 Å². The molecular formula is C14H9F6N3O2. The third-order valence-electron chi connectivity index (χ3n) is 3.27. The number of halogens is 6. The van der Waals surface area contributed by atoms with Gasteiger partial charge in [-0.15, -0.1) is 0 Å². The van der Waals surface area contributed by atoms with E-state index in [0.29, 0.717) is 12.1 Å². The first-order chi connectivity index (χ1) is 11.5. The van der Waals surface area contributed by atoms with Gasteiger partial charge in [0, 0.05) is 12.1 Å². The number of nitro benzene ring substituents is 1. The molecule has 0 aliphatic heterocycles. The van der Waals surface area contributed by atoms with Gasteiger partial charge in [-0.05, 0) is 12.1 Å². The molecule has 0 spiro atoms. The third kappa shape index (κ3) is 3.75. The van der Waals surface area contributed by atoms with E-state index in [2.05, 4.69) is 5.32 Å². The summed E-state index contributed by atoms with van der Waals surface area (Å²) in [6.07, 6.45) is -4.74. The zero-order valence-corrected chi connectivity index (χ0v) is 12.1. The zero-order valence-electron chi connectivity index (χ0n) is 12.1. The van der Waals surface area contributed by atoms with E-state index in [1.807, 2.05) is 0 Å². The molecule has 5 nitrogen and oxygen atoms in total. The molecule has 25 heavy (non-hydrogen) atoms. The van der Waals surface area contributed by atoms with Crippen molar-refractivity contribution in [2.75, 3.05) is 11.1 Å². The molecule has 0 radical (unpaired) electrons. The van der Waals surface area contributed by atoms with E-state index in [4.69, 9.17) is 5.73 Å². The maximum absolute atomic E-state index is 13.9. The van der Waals surface area contributed by atoms with Crippen LogP contribution >= 0.6 is 0 Å². The minimum absolute atomic E-state index is 0.244. The minimum Gasteiger partial charge on any atom is -0.391 e. The number of nitrogens with one attached hydrogen (secondary N) is 1. The summed E-state index contributed by atoms with van der Waals surface area (Å²) in [5.74, 6) is -4.05. The van der Waals surface area contributed by atoms with Crippen molar-refractivity contribution in [2.24, 2.45) is 0 Å². The molecule has 0 amide bonds. The SMILES string of the molecule is Nc1c([N+](=O)[O-])cc(F)c(NCc2ccc(C(F)(F)F)cc2F)c1F. The Morgan fingerprint density at radius 2 is 1.76 bits per heavy atom. The van der Waals surface area contributed by atoms with Gasteiger partial charge in [0.1, 0.15) is 17.2 Å². The maximum Gasteiger partial charge on any atom is 0.416 e. The van der Waals surface area contributed by atoms with Gasteiger partial charge in [-0.25, -0.2) is 13.2 Å². The molecule has 2 aromatic carbocycles. The predicted octanol–water partition coefficient (Wildman–Crippen LogP) is 4.23. The summed E-state index contributed by atoms with van der Waals surface area (Å²) in [6, 6.07) is 2.03. The lowest BCUT2D eigenvalue weighted by Gasteiger charge is -2.12. The van der Waals surface area contributed by atoms with Crippen molar-refractivity contribution in [2.45, 2.75) is 12.7 Å². The molecule has 0 aliphatic carbocycles. The van der Waals surface area contributed by atoms with Crippen molar-refractivity contribution in [1.82, 2.24) is 0 Å². The van der Waals surface area contributed by atoms with E-state index in [9.17, 15) is 36.5 Å². The number of nitrogens with two attached hydrogens (primary N) is 1. The lowest BCUT2D eigenvalue weighted by atomic mass is 10.1. The highest BCUT2D eigenvalue weighted by Gasteiger charge is 2.31. The summed E-state index contributed by atoms with van der Waals surface area (Å²) in [7, 11) is 0. The first-order valence-electron chi connectivity index (χ1n) is 6.53. The summed E-state index contributed by atoms with van der Waals surface area (Å²) in [4.78, 5) is 9.52. The first-order valence-corrected chi connectivity index (χ1v) is 6.53. The number of alkyl halides is 3. The topological polar surface area (TPSA) is 81.2 Å². The van der Waals surface area contributed by atoms with Gasteiger partial charge in [0.2, 0.25) is 0 Å². The van der Waals surface area contributed by atoms with Gasteiger partial charge in [-0.2, -0.15) is 13.2 Å². The summed E-state index contributed by atoms with van der Waals surface area (Å²) < 4.78 is 78.8. The number of benzene rings is 2. The van der Waals surface area contributed by atoms with Crippen LogP contribution in [0.15, 0.2) is 24.3 Å². The second-order valence-corrected chi connectivity index (χ2v) is 4.89. The van der Waals surface area contributed by atoms with Crippen LogP contribution in [0.1, 0.15) is 11.1 Å². The minimum atomic E-state index is -4.74. The van der Waals surface area contributed by atoms with Crippen LogP contribution in [0.5, 0.6) is 0 Å². The van der Waals surface area contributed by atoms with E-state index in [0.717, 1.165) is 6.07 Å². The van der Waals surface area contributed by atoms with Crippen LogP contribution in [-0.2, 0) is 12.7 Å². The van der Waals surface area contributed by atoms with Gasteiger partial charge < -0.3 is 11.1 Å². The summed E-state index contributed by atoms with van der Waals surface area (Å²) in [5.41, 5.74) is 0.906. The smallest absolute Gasteiger partial charge is 0.391 e. The molecule has 134 valence electrons. The average molecular weight is 365 g/mol. The van der Waals surface area contributed by atoms with E-state index in [1.165, 1.54) is 0 Å². The van der Waals surface area contributed by atoms with Gasteiger partial charge in [-0.1, -0.05) is 6.07 Å². The highest BCUT2D eigenvalue weighted by atomic mass is 19.4. The van der Waals surface area contributed by atoms with Crippen molar-refractivity contribution in [1.29, 1.82) is 0 Å². The van der Waals surface area contributed by atoms with Crippen LogP contribution in [0.4, 0.5) is 43.4 Å². The largest absolute Gasteiger partial charge is 0.416 e. The molecular weight excluding hydrogens is 356 g/mol. The highest BCUT2D eigenvalue weighted by molar-refractivity contribution is 5.68. The number of hydrogen-bond acceptors (Lipinski definition) is 4. The number of nitro groups is 1. The highest BCUT2D eigenvalue weighted by Crippen LogP contribution is 2.33. The molecule has 0 bridgehead atoms. The van der Waals surface area contributed by atoms with E-state index >= 15 is 0 Å². The van der Waals surface area contributed by atoms with Crippen molar-refractivity contribution in [3.63, 3.8) is 0 Å². The molecule has 0 saturated heterocycles. The number of hydrogen-bond donors (Lipinski definition) is 2. The molecule has 2 rings (SSSR count). The monoisotopic (exact) mass is 365 g/mol. The van der Waals surface area contributed by atoms with Crippen LogP contribution in [0.3, 0.4) is 0 Å². The quantitative estimate of drug-likeness (QED) is 0.368. The summed E-state index contributed by atoms with van der Waals surface area (Å²) in [5, 5.41) is 12.7. The molecule has 0 fully saturated rings. The van der Waals surface area contributed by atoms with Crippen molar-refractivity contribution in [3.8, 4) is 0 Å². The van der Waals surface area contributed by atoms with E-state index < -0.39 is 57.7 Å². The molecule has 0 heterocycles. The molecule has 2 aromatic rings. The number of rotatable bonds is 4. The van der Waals surface area contributed by atoms with Crippen LogP contribution in [0.25, 0.3) is 0 Å². The standard InChI is InChI=1S/C14H9F6N3O2/c15-8-3-7(14(18,19)20)2-1-6(8)5-22-13-9(16)4-10(23(24)25)12(21)11(13)17/h1-4,22H,5,21H2. The molecule has 0 atom stereocenters. The fourth-order valence-corrected chi connectivity index (χ4v) is 1.99. The lowest BCUT2D eigenvalue weighted by Crippen LogP contribution is -2.10. The molecule has 0 saturated carbocycles. The summed E-state index contributed by atoms with van der Waals surface area (Å²) >= 11 is 0. The Labute approximate surface area is 136 Å². The van der Waals surface area contributed by atoms with Crippen molar-refractivity contribution >= 4 is 17.1 Å². The Bertz CT molecular complexity index is 838. The van der Waals surface area contributed by atoms with Gasteiger partial charge in [-0.3, -0.25) is 10.1 Å². The van der Waals surface area contributed by atoms with Gasteiger partial charge in [0.15, 0.2) is 11.6 Å². The number of nitrogens with zero attached hydrogens (tertiary/aromatic N) is 1. The predicted molar refractivity (Wildman–Crippen MR) is 76.2 cm³/mol. The second kappa shape index (κ2) is 6.49. The molecule has 11 heteroatoms. The fourth-order valence-electron chi connectivity index (χ4n) is 1.99. The number of nitrogen functional groups attached to an aromatic ring is 1. The maximum atomic E-state index is 13.9. The molecule has 0 unspecified atom stereocenters. The van der Waals surface area contributed by atoms with Gasteiger partial charge >= 0.3 is 6.18 Å². The lowest BCUT2D eigenvalue weighted by molar-refractivity contribution is -0.384. The first kappa shape index (κ1) is 18.4. The average Bonchev–Trinajstić information content (AvgIpc) is 2.50. The Balaban J connectivity index is 2.28. The molecule has 0 aliphatic rings. The Morgan fingerprint density at radius 1 is 1.12 bits per heavy atom. The van der Waals surface area contributed by atoms with Crippen molar-refractivity contribution < 1.29 is 31.3 Å². The van der Waals surface area contributed by atoms with Crippen LogP contribution in [-0.4, -0.2) is 4.92 Å². The normalized spacial score (nSPS) is 11.4. The van der Waals surface area contributed by atoms with Crippen molar-refractivity contribution in [3.05, 3.63) is 63.0 Å². The third-order valence-corrected chi connectivity index (χ3v) is 3.27. The Hall–Kier alpha value is -2.98. The molecule has 0 aromatic heterocycles. The second-order valence-electron chi connectivity index (χ2n) is 4.89.